The molecule has 1 heterocycles. The van der Waals surface area contributed by atoms with E-state index in [4.69, 9.17) is 16.3 Å². The number of nitrogens with zero attached hydrogens (tertiary/aromatic N) is 2. The summed E-state index contributed by atoms with van der Waals surface area (Å²) in [5.41, 5.74) is 3.14. The zero-order chi connectivity index (χ0) is 17.8. The van der Waals surface area contributed by atoms with E-state index in [2.05, 4.69) is 10.4 Å². The molecule has 1 aliphatic rings. The van der Waals surface area contributed by atoms with Gasteiger partial charge in [-0.15, -0.1) is 0 Å². The fourth-order valence-electron chi connectivity index (χ4n) is 3.10. The van der Waals surface area contributed by atoms with Crippen LogP contribution in [0.15, 0.2) is 24.3 Å². The number of carbonyl (C=O) groups is 2. The average molecular weight is 362 g/mol. The molecule has 2 aromatic rings. The lowest BCUT2D eigenvalue weighted by molar-refractivity contribution is -0.122. The second-order valence-electron chi connectivity index (χ2n) is 6.04. The minimum atomic E-state index is -0.448. The van der Waals surface area contributed by atoms with Gasteiger partial charge < -0.3 is 10.1 Å². The van der Waals surface area contributed by atoms with Crippen LogP contribution in [-0.4, -0.2) is 28.8 Å². The Kier molecular flexibility index (Phi) is 5.38. The molecule has 0 fully saturated rings. The van der Waals surface area contributed by atoms with Crippen molar-refractivity contribution in [3.05, 3.63) is 51.8 Å². The SMILES string of the molecule is COC(=O)c1nn(CC(=O)NCc2cccc(Cl)c2)c2c1CCCC2. The summed E-state index contributed by atoms with van der Waals surface area (Å²) in [5, 5.41) is 7.83. The Morgan fingerprint density at radius 1 is 1.32 bits per heavy atom. The Labute approximate surface area is 151 Å². The molecular weight excluding hydrogens is 342 g/mol. The van der Waals surface area contributed by atoms with Gasteiger partial charge in [-0.25, -0.2) is 4.79 Å². The van der Waals surface area contributed by atoms with Gasteiger partial charge in [-0.2, -0.15) is 5.10 Å². The monoisotopic (exact) mass is 361 g/mol. The Bertz CT molecular complexity index is 801. The molecule has 0 aliphatic heterocycles. The van der Waals surface area contributed by atoms with Gasteiger partial charge in [0.25, 0.3) is 0 Å². The van der Waals surface area contributed by atoms with Crippen LogP contribution >= 0.6 is 11.6 Å². The maximum Gasteiger partial charge on any atom is 0.358 e. The van der Waals surface area contributed by atoms with E-state index >= 15 is 0 Å². The van der Waals surface area contributed by atoms with Gasteiger partial charge in [0, 0.05) is 22.8 Å². The summed E-state index contributed by atoms with van der Waals surface area (Å²) < 4.78 is 6.44. The molecule has 0 atom stereocenters. The van der Waals surface area contributed by atoms with Crippen LogP contribution in [0.25, 0.3) is 0 Å². The zero-order valence-corrected chi connectivity index (χ0v) is 14.8. The maximum atomic E-state index is 12.3. The Balaban J connectivity index is 1.70. The van der Waals surface area contributed by atoms with E-state index in [1.165, 1.54) is 7.11 Å². The molecule has 1 aromatic carbocycles. The predicted octanol–water partition coefficient (Wildman–Crippen LogP) is 2.52. The molecule has 6 nitrogen and oxygen atoms in total. The average Bonchev–Trinajstić information content (AvgIpc) is 2.98. The maximum absolute atomic E-state index is 12.3. The topological polar surface area (TPSA) is 73.2 Å². The molecule has 0 saturated heterocycles. The summed E-state index contributed by atoms with van der Waals surface area (Å²) in [7, 11) is 1.34. The van der Waals surface area contributed by atoms with Gasteiger partial charge in [0.15, 0.2) is 5.69 Å². The van der Waals surface area contributed by atoms with Crippen molar-refractivity contribution in [2.24, 2.45) is 0 Å². The second-order valence-corrected chi connectivity index (χ2v) is 6.47. The third-order valence-electron chi connectivity index (χ3n) is 4.31. The van der Waals surface area contributed by atoms with Gasteiger partial charge >= 0.3 is 5.97 Å². The molecule has 0 saturated carbocycles. The highest BCUT2D eigenvalue weighted by Gasteiger charge is 2.26. The summed E-state index contributed by atoms with van der Waals surface area (Å²) in [6.45, 7) is 0.479. The lowest BCUT2D eigenvalue weighted by atomic mass is 9.95. The van der Waals surface area contributed by atoms with Crippen molar-refractivity contribution < 1.29 is 14.3 Å². The highest BCUT2D eigenvalue weighted by molar-refractivity contribution is 6.30. The molecule has 1 aromatic heterocycles. The summed E-state index contributed by atoms with van der Waals surface area (Å²) in [4.78, 5) is 24.2. The van der Waals surface area contributed by atoms with E-state index in [9.17, 15) is 9.59 Å². The number of amides is 1. The van der Waals surface area contributed by atoms with Gasteiger partial charge in [0.1, 0.15) is 6.54 Å². The number of hydrogen-bond donors (Lipinski definition) is 1. The van der Waals surface area contributed by atoms with E-state index in [0.717, 1.165) is 42.5 Å². The van der Waals surface area contributed by atoms with E-state index in [1.807, 2.05) is 18.2 Å². The van der Waals surface area contributed by atoms with Crippen LogP contribution in [0.2, 0.25) is 5.02 Å². The van der Waals surface area contributed by atoms with Crippen LogP contribution in [0.4, 0.5) is 0 Å². The number of aromatic nitrogens is 2. The van der Waals surface area contributed by atoms with Crippen LogP contribution < -0.4 is 5.32 Å². The van der Waals surface area contributed by atoms with Gasteiger partial charge in [-0.3, -0.25) is 9.48 Å². The first-order chi connectivity index (χ1) is 12.1. The lowest BCUT2D eigenvalue weighted by Crippen LogP contribution is -2.28. The Morgan fingerprint density at radius 3 is 2.88 bits per heavy atom. The Hall–Kier alpha value is -2.34. The number of ether oxygens (including phenoxy) is 1. The third kappa shape index (κ3) is 4.02. The van der Waals surface area contributed by atoms with Crippen molar-refractivity contribution >= 4 is 23.5 Å². The molecule has 0 spiro atoms. The predicted molar refractivity (Wildman–Crippen MR) is 93.5 cm³/mol. The molecule has 1 aliphatic carbocycles. The number of rotatable bonds is 5. The second kappa shape index (κ2) is 7.70. The highest BCUT2D eigenvalue weighted by Crippen LogP contribution is 2.25. The van der Waals surface area contributed by atoms with Gasteiger partial charge in [0.2, 0.25) is 5.91 Å². The third-order valence-corrected chi connectivity index (χ3v) is 4.54. The minimum absolute atomic E-state index is 0.0832. The molecule has 132 valence electrons. The largest absolute Gasteiger partial charge is 0.464 e. The summed E-state index contributed by atoms with van der Waals surface area (Å²) >= 11 is 5.94. The number of halogens is 1. The molecule has 1 amide bonds. The first-order valence-corrected chi connectivity index (χ1v) is 8.64. The summed E-state index contributed by atoms with van der Waals surface area (Å²) in [5.74, 6) is -0.608. The molecule has 1 N–H and O–H groups in total. The van der Waals surface area contributed by atoms with Gasteiger partial charge in [-0.1, -0.05) is 23.7 Å². The quantitative estimate of drug-likeness (QED) is 0.830. The number of nitrogens with one attached hydrogen (secondary N) is 1. The normalized spacial score (nSPS) is 13.2. The van der Waals surface area contributed by atoms with Gasteiger partial charge in [-0.05, 0) is 43.4 Å². The molecule has 0 unspecified atom stereocenters. The molecule has 0 radical (unpaired) electrons. The number of benzene rings is 1. The zero-order valence-electron chi connectivity index (χ0n) is 14.0. The Morgan fingerprint density at radius 2 is 2.12 bits per heavy atom. The van der Waals surface area contributed by atoms with E-state index in [0.29, 0.717) is 17.3 Å². The summed E-state index contributed by atoms with van der Waals surface area (Å²) in [6, 6.07) is 7.35. The molecule has 3 rings (SSSR count). The summed E-state index contributed by atoms with van der Waals surface area (Å²) in [6.07, 6.45) is 3.66. The van der Waals surface area contributed by atoms with E-state index < -0.39 is 5.97 Å². The van der Waals surface area contributed by atoms with Crippen molar-refractivity contribution in [1.29, 1.82) is 0 Å². The molecular formula is C18H20ClN3O3. The molecule has 7 heteroatoms. The van der Waals surface area contributed by atoms with E-state index in [-0.39, 0.29) is 12.5 Å². The van der Waals surface area contributed by atoms with Crippen molar-refractivity contribution in [1.82, 2.24) is 15.1 Å². The lowest BCUT2D eigenvalue weighted by Gasteiger charge is -2.14. The standard InChI is InChI=1S/C18H20ClN3O3/c1-25-18(24)17-14-7-2-3-8-15(14)22(21-17)11-16(23)20-10-12-5-4-6-13(19)9-12/h4-6,9H,2-3,7-8,10-11H2,1H3,(H,20,23). The van der Waals surface area contributed by atoms with Crippen molar-refractivity contribution in [3.8, 4) is 0 Å². The van der Waals surface area contributed by atoms with Crippen molar-refractivity contribution in [2.75, 3.05) is 7.11 Å². The highest BCUT2D eigenvalue weighted by atomic mass is 35.5. The van der Waals surface area contributed by atoms with E-state index in [1.54, 1.807) is 10.7 Å². The fourth-order valence-corrected chi connectivity index (χ4v) is 3.31. The minimum Gasteiger partial charge on any atom is -0.464 e. The van der Waals surface area contributed by atoms with Crippen LogP contribution in [-0.2, 0) is 35.5 Å². The number of esters is 1. The number of hydrogen-bond acceptors (Lipinski definition) is 4. The fraction of sp³-hybridized carbons (Fsp3) is 0.389. The van der Waals surface area contributed by atoms with Gasteiger partial charge in [0.05, 0.1) is 7.11 Å². The smallest absolute Gasteiger partial charge is 0.358 e. The first-order valence-electron chi connectivity index (χ1n) is 8.26. The van der Waals surface area contributed by atoms with Crippen molar-refractivity contribution in [2.45, 2.75) is 38.8 Å². The van der Waals surface area contributed by atoms with Crippen LogP contribution in [0, 0.1) is 0 Å². The number of carbonyl (C=O) groups excluding carboxylic acids is 2. The van der Waals surface area contributed by atoms with Crippen LogP contribution in [0.1, 0.15) is 40.2 Å². The number of fused-ring (bicyclic) bond motifs is 1. The van der Waals surface area contributed by atoms with Crippen LogP contribution in [0.5, 0.6) is 0 Å². The van der Waals surface area contributed by atoms with Crippen molar-refractivity contribution in [3.63, 3.8) is 0 Å². The van der Waals surface area contributed by atoms with Crippen LogP contribution in [0.3, 0.4) is 0 Å². The first kappa shape index (κ1) is 17.5. The molecule has 25 heavy (non-hydrogen) atoms. The molecule has 0 bridgehead atoms. The number of methoxy groups -OCH3 is 1.